The number of ether oxygens (including phenoxy) is 1. The van der Waals surface area contributed by atoms with Gasteiger partial charge in [-0.05, 0) is 38.2 Å². The highest BCUT2D eigenvalue weighted by Gasteiger charge is 2.20. The summed E-state index contributed by atoms with van der Waals surface area (Å²) in [5.41, 5.74) is 1.08. The van der Waals surface area contributed by atoms with Gasteiger partial charge >= 0.3 is 0 Å². The summed E-state index contributed by atoms with van der Waals surface area (Å²) in [6, 6.07) is 6.83. The molecule has 2 unspecified atom stereocenters. The molecule has 1 aliphatic rings. The molecule has 1 heterocycles. The number of nitrogens with one attached hydrogen (secondary N) is 1. The van der Waals surface area contributed by atoms with Crippen molar-refractivity contribution in [2.24, 2.45) is 10.9 Å². The van der Waals surface area contributed by atoms with Crippen LogP contribution in [0.5, 0.6) is 0 Å². The Hall–Kier alpha value is -1.66. The third kappa shape index (κ3) is 5.18. The molecule has 2 rings (SSSR count). The van der Waals surface area contributed by atoms with Crippen LogP contribution in [-0.2, 0) is 4.74 Å². The maximum absolute atomic E-state index is 13.2. The van der Waals surface area contributed by atoms with Crippen molar-refractivity contribution in [1.29, 1.82) is 0 Å². The Morgan fingerprint density at radius 3 is 2.58 bits per heavy atom. The summed E-state index contributed by atoms with van der Waals surface area (Å²) in [4.78, 5) is 8.65. The molecule has 0 radical (unpaired) electrons. The van der Waals surface area contributed by atoms with Gasteiger partial charge < -0.3 is 19.9 Å². The first-order chi connectivity index (χ1) is 11.5. The molecule has 1 saturated heterocycles. The Morgan fingerprint density at radius 2 is 2.04 bits per heavy atom. The van der Waals surface area contributed by atoms with Gasteiger partial charge in [-0.3, -0.25) is 4.99 Å². The number of likely N-dealkylation sites (N-methyl/N-ethyl adjacent to an activating group) is 1. The molecular formula is C18H29FN4O. The lowest BCUT2D eigenvalue weighted by molar-refractivity contribution is 0.181. The van der Waals surface area contributed by atoms with Crippen molar-refractivity contribution in [2.75, 3.05) is 54.5 Å². The Labute approximate surface area is 144 Å². The van der Waals surface area contributed by atoms with E-state index < -0.39 is 0 Å². The number of guanidine groups is 1. The molecule has 5 nitrogen and oxygen atoms in total. The first-order valence-corrected chi connectivity index (χ1v) is 8.42. The molecule has 24 heavy (non-hydrogen) atoms. The fraction of sp³-hybridized carbons (Fsp3) is 0.611. The third-order valence-corrected chi connectivity index (χ3v) is 4.46. The summed E-state index contributed by atoms with van der Waals surface area (Å²) in [6.07, 6.45) is 1.11. The standard InChI is InChI=1S/C18H29FN4O/c1-20-18(23(4)12-14-9-10-24-13-14)21-11-17(22(2)3)15-5-7-16(19)8-6-15/h5-8,14,17H,9-13H2,1-4H3,(H,20,21). The number of benzene rings is 1. The molecule has 2 atom stereocenters. The van der Waals surface area contributed by atoms with Gasteiger partial charge in [0.1, 0.15) is 5.82 Å². The number of hydrogen-bond acceptors (Lipinski definition) is 3. The second kappa shape index (κ2) is 8.99. The van der Waals surface area contributed by atoms with Crippen LogP contribution in [0.1, 0.15) is 18.0 Å². The van der Waals surface area contributed by atoms with E-state index >= 15 is 0 Å². The van der Waals surface area contributed by atoms with Gasteiger partial charge in [0.15, 0.2) is 5.96 Å². The minimum atomic E-state index is -0.210. The van der Waals surface area contributed by atoms with E-state index in [2.05, 4.69) is 27.2 Å². The Kier molecular flexibility index (Phi) is 6.99. The van der Waals surface area contributed by atoms with E-state index in [1.807, 2.05) is 26.2 Å². The van der Waals surface area contributed by atoms with Crippen molar-refractivity contribution >= 4 is 5.96 Å². The lowest BCUT2D eigenvalue weighted by Crippen LogP contribution is -2.44. The van der Waals surface area contributed by atoms with Crippen LogP contribution in [0.15, 0.2) is 29.3 Å². The van der Waals surface area contributed by atoms with E-state index in [4.69, 9.17) is 4.74 Å². The summed E-state index contributed by atoms with van der Waals surface area (Å²) in [5, 5.41) is 3.44. The Morgan fingerprint density at radius 1 is 1.33 bits per heavy atom. The highest BCUT2D eigenvalue weighted by atomic mass is 19.1. The minimum Gasteiger partial charge on any atom is -0.381 e. The summed E-state index contributed by atoms with van der Waals surface area (Å²) in [5.74, 6) is 1.23. The van der Waals surface area contributed by atoms with Gasteiger partial charge in [0.05, 0.1) is 12.6 Å². The molecule has 1 aromatic rings. The van der Waals surface area contributed by atoms with Crippen molar-refractivity contribution in [3.8, 4) is 0 Å². The highest BCUT2D eigenvalue weighted by molar-refractivity contribution is 5.79. The van der Waals surface area contributed by atoms with Gasteiger partial charge in [0.25, 0.3) is 0 Å². The number of rotatable bonds is 6. The maximum Gasteiger partial charge on any atom is 0.193 e. The van der Waals surface area contributed by atoms with Gasteiger partial charge in [-0.1, -0.05) is 12.1 Å². The minimum absolute atomic E-state index is 0.144. The maximum atomic E-state index is 13.2. The topological polar surface area (TPSA) is 40.1 Å². The van der Waals surface area contributed by atoms with Crippen LogP contribution in [0.4, 0.5) is 4.39 Å². The molecule has 0 amide bonds. The first kappa shape index (κ1) is 18.7. The fourth-order valence-electron chi connectivity index (χ4n) is 3.06. The third-order valence-electron chi connectivity index (χ3n) is 4.46. The van der Waals surface area contributed by atoms with Gasteiger partial charge in [-0.25, -0.2) is 4.39 Å². The van der Waals surface area contributed by atoms with Crippen LogP contribution in [0.25, 0.3) is 0 Å². The summed E-state index contributed by atoms with van der Waals surface area (Å²) in [6.45, 7) is 3.33. The SMILES string of the molecule is CN=C(NCC(c1ccc(F)cc1)N(C)C)N(C)CC1CCOC1. The molecule has 1 fully saturated rings. The number of nitrogens with zero attached hydrogens (tertiary/aromatic N) is 3. The van der Waals surface area contributed by atoms with Crippen LogP contribution in [0, 0.1) is 11.7 Å². The Balaban J connectivity index is 1.94. The monoisotopic (exact) mass is 336 g/mol. The smallest absolute Gasteiger partial charge is 0.193 e. The van der Waals surface area contributed by atoms with Gasteiger partial charge in [0.2, 0.25) is 0 Å². The molecule has 1 N–H and O–H groups in total. The molecular weight excluding hydrogens is 307 g/mol. The molecule has 134 valence electrons. The zero-order chi connectivity index (χ0) is 17.5. The summed E-state index contributed by atoms with van der Waals surface area (Å²) < 4.78 is 18.6. The Bertz CT molecular complexity index is 526. The second-order valence-electron chi connectivity index (χ2n) is 6.57. The molecule has 0 aliphatic carbocycles. The van der Waals surface area contributed by atoms with Crippen molar-refractivity contribution in [2.45, 2.75) is 12.5 Å². The van der Waals surface area contributed by atoms with E-state index in [0.29, 0.717) is 12.5 Å². The highest BCUT2D eigenvalue weighted by Crippen LogP contribution is 2.18. The van der Waals surface area contributed by atoms with E-state index in [-0.39, 0.29) is 11.9 Å². The van der Waals surface area contributed by atoms with E-state index in [0.717, 1.165) is 37.7 Å². The lowest BCUT2D eigenvalue weighted by atomic mass is 10.1. The predicted molar refractivity (Wildman–Crippen MR) is 95.7 cm³/mol. The molecule has 0 saturated carbocycles. The average Bonchev–Trinajstić information content (AvgIpc) is 3.05. The number of hydrogen-bond donors (Lipinski definition) is 1. The van der Waals surface area contributed by atoms with E-state index in [1.54, 1.807) is 7.05 Å². The number of aliphatic imine (C=N–C) groups is 1. The zero-order valence-electron chi connectivity index (χ0n) is 15.1. The molecule has 1 aliphatic heterocycles. The first-order valence-electron chi connectivity index (χ1n) is 8.42. The predicted octanol–water partition coefficient (Wildman–Crippen LogP) is 1.97. The van der Waals surface area contributed by atoms with E-state index in [9.17, 15) is 4.39 Å². The number of halogens is 1. The fourth-order valence-corrected chi connectivity index (χ4v) is 3.06. The quantitative estimate of drug-likeness (QED) is 0.637. The van der Waals surface area contributed by atoms with Gasteiger partial charge in [-0.2, -0.15) is 0 Å². The van der Waals surface area contributed by atoms with Crippen molar-refractivity contribution < 1.29 is 9.13 Å². The van der Waals surface area contributed by atoms with Crippen LogP contribution >= 0.6 is 0 Å². The summed E-state index contributed by atoms with van der Waals surface area (Å²) in [7, 11) is 7.90. The van der Waals surface area contributed by atoms with Gasteiger partial charge in [0, 0.05) is 39.7 Å². The van der Waals surface area contributed by atoms with Crippen LogP contribution in [0.2, 0.25) is 0 Å². The van der Waals surface area contributed by atoms with E-state index in [1.165, 1.54) is 12.1 Å². The van der Waals surface area contributed by atoms with Crippen molar-refractivity contribution in [3.63, 3.8) is 0 Å². The van der Waals surface area contributed by atoms with Crippen LogP contribution in [0.3, 0.4) is 0 Å². The largest absolute Gasteiger partial charge is 0.381 e. The lowest BCUT2D eigenvalue weighted by Gasteiger charge is -2.29. The summed E-state index contributed by atoms with van der Waals surface area (Å²) >= 11 is 0. The second-order valence-corrected chi connectivity index (χ2v) is 6.57. The molecule has 0 spiro atoms. The molecule has 0 bridgehead atoms. The molecule has 6 heteroatoms. The average molecular weight is 336 g/mol. The molecule has 0 aromatic heterocycles. The molecule has 1 aromatic carbocycles. The van der Waals surface area contributed by atoms with Crippen molar-refractivity contribution in [3.05, 3.63) is 35.6 Å². The van der Waals surface area contributed by atoms with Crippen molar-refractivity contribution in [1.82, 2.24) is 15.1 Å². The van der Waals surface area contributed by atoms with Crippen LogP contribution < -0.4 is 5.32 Å². The normalized spacial score (nSPS) is 19.6. The van der Waals surface area contributed by atoms with Gasteiger partial charge in [-0.15, -0.1) is 0 Å². The van der Waals surface area contributed by atoms with Crippen LogP contribution in [-0.4, -0.2) is 70.3 Å². The zero-order valence-corrected chi connectivity index (χ0v) is 15.1.